The SMILES string of the molecule is O=c1c2ccnnc2ncn1Cc1nc([C@@H]2CO[C@@H](c3ccc(F)cc3)C2)no1. The maximum absolute atomic E-state index is 13.1. The maximum Gasteiger partial charge on any atom is 0.263 e. The van der Waals surface area contributed by atoms with Crippen molar-refractivity contribution < 1.29 is 13.7 Å². The van der Waals surface area contributed by atoms with Crippen molar-refractivity contribution in [3.05, 3.63) is 76.3 Å². The normalized spacial score (nSPS) is 19.1. The second-order valence-electron chi connectivity index (χ2n) is 6.80. The van der Waals surface area contributed by atoms with Crippen LogP contribution in [0.5, 0.6) is 0 Å². The molecule has 5 rings (SSSR count). The summed E-state index contributed by atoms with van der Waals surface area (Å²) < 4.78 is 25.6. The van der Waals surface area contributed by atoms with E-state index in [4.69, 9.17) is 9.26 Å². The van der Waals surface area contributed by atoms with Crippen LogP contribution < -0.4 is 5.56 Å². The molecular formula is C19H15FN6O3. The molecule has 0 N–H and O–H groups in total. The molecule has 1 aliphatic heterocycles. The van der Waals surface area contributed by atoms with Gasteiger partial charge in [0.25, 0.3) is 5.56 Å². The zero-order valence-electron chi connectivity index (χ0n) is 15.1. The minimum atomic E-state index is -0.281. The van der Waals surface area contributed by atoms with Gasteiger partial charge in [0.15, 0.2) is 11.5 Å². The van der Waals surface area contributed by atoms with Gasteiger partial charge in [-0.3, -0.25) is 9.36 Å². The highest BCUT2D eigenvalue weighted by Gasteiger charge is 2.31. The number of rotatable bonds is 4. The van der Waals surface area contributed by atoms with Crippen molar-refractivity contribution in [3.63, 3.8) is 0 Å². The molecule has 4 heterocycles. The number of benzene rings is 1. The zero-order valence-corrected chi connectivity index (χ0v) is 15.1. The lowest BCUT2D eigenvalue weighted by Gasteiger charge is -2.08. The molecule has 1 fully saturated rings. The van der Waals surface area contributed by atoms with E-state index >= 15 is 0 Å². The number of halogens is 1. The van der Waals surface area contributed by atoms with E-state index in [1.54, 1.807) is 18.2 Å². The standard InChI is InChI=1S/C19H15FN6O3/c20-13-3-1-11(2-4-13)15-7-12(9-28-15)17-23-16(29-25-17)8-26-10-21-18-14(19(26)27)5-6-22-24-18/h1-6,10,12,15H,7-9H2/t12-,15+/m0/s1. The Morgan fingerprint density at radius 3 is 2.93 bits per heavy atom. The first-order chi connectivity index (χ1) is 14.2. The summed E-state index contributed by atoms with van der Waals surface area (Å²) in [6, 6.07) is 7.83. The van der Waals surface area contributed by atoms with Gasteiger partial charge in [-0.05, 0) is 30.2 Å². The van der Waals surface area contributed by atoms with E-state index in [1.165, 1.54) is 29.2 Å². The summed E-state index contributed by atoms with van der Waals surface area (Å²) in [4.78, 5) is 21.1. The molecule has 1 aliphatic rings. The fourth-order valence-corrected chi connectivity index (χ4v) is 3.39. The average molecular weight is 394 g/mol. The van der Waals surface area contributed by atoms with Crippen LogP contribution in [0.1, 0.15) is 35.7 Å². The van der Waals surface area contributed by atoms with E-state index in [1.807, 2.05) is 0 Å². The van der Waals surface area contributed by atoms with Gasteiger partial charge in [-0.2, -0.15) is 10.1 Å². The summed E-state index contributed by atoms with van der Waals surface area (Å²) >= 11 is 0. The van der Waals surface area contributed by atoms with Crippen LogP contribution in [0.15, 0.2) is 52.2 Å². The summed E-state index contributed by atoms with van der Waals surface area (Å²) in [7, 11) is 0. The molecule has 4 aromatic rings. The lowest BCUT2D eigenvalue weighted by molar-refractivity contribution is 0.110. The number of aromatic nitrogens is 6. The van der Waals surface area contributed by atoms with Crippen LogP contribution in [0.25, 0.3) is 11.0 Å². The number of hydrogen-bond donors (Lipinski definition) is 0. The first-order valence-electron chi connectivity index (χ1n) is 9.04. The maximum atomic E-state index is 13.1. The molecule has 9 nitrogen and oxygen atoms in total. The monoisotopic (exact) mass is 394 g/mol. The second-order valence-corrected chi connectivity index (χ2v) is 6.80. The fourth-order valence-electron chi connectivity index (χ4n) is 3.39. The third-order valence-electron chi connectivity index (χ3n) is 4.91. The Labute approximate surface area is 163 Å². The van der Waals surface area contributed by atoms with Gasteiger partial charge in [0.2, 0.25) is 5.89 Å². The van der Waals surface area contributed by atoms with E-state index in [0.717, 1.165) is 5.56 Å². The number of hydrogen-bond acceptors (Lipinski definition) is 8. The average Bonchev–Trinajstić information content (AvgIpc) is 3.41. The molecule has 0 saturated carbocycles. The summed E-state index contributed by atoms with van der Waals surface area (Å²) in [5.74, 6) is 0.508. The Bertz CT molecular complexity index is 1220. The smallest absolute Gasteiger partial charge is 0.263 e. The Morgan fingerprint density at radius 1 is 1.21 bits per heavy atom. The second kappa shape index (κ2) is 7.13. The number of nitrogens with zero attached hydrogens (tertiary/aromatic N) is 6. The van der Waals surface area contributed by atoms with E-state index in [9.17, 15) is 9.18 Å². The highest BCUT2D eigenvalue weighted by Crippen LogP contribution is 2.37. The van der Waals surface area contributed by atoms with Crippen molar-refractivity contribution in [2.24, 2.45) is 0 Å². The van der Waals surface area contributed by atoms with Crippen LogP contribution in [-0.4, -0.2) is 36.5 Å². The van der Waals surface area contributed by atoms with Gasteiger partial charge in [-0.15, -0.1) is 5.10 Å². The molecule has 0 radical (unpaired) electrons. The predicted octanol–water partition coefficient (Wildman–Crippen LogP) is 2.00. The number of fused-ring (bicyclic) bond motifs is 1. The molecule has 1 saturated heterocycles. The molecule has 0 unspecified atom stereocenters. The van der Waals surface area contributed by atoms with Gasteiger partial charge in [-0.1, -0.05) is 17.3 Å². The lowest BCUT2D eigenvalue weighted by atomic mass is 10.00. The van der Waals surface area contributed by atoms with Crippen molar-refractivity contribution in [2.75, 3.05) is 6.61 Å². The van der Waals surface area contributed by atoms with Gasteiger partial charge >= 0.3 is 0 Å². The lowest BCUT2D eigenvalue weighted by Crippen LogP contribution is -2.21. The van der Waals surface area contributed by atoms with Gasteiger partial charge in [0.1, 0.15) is 18.7 Å². The van der Waals surface area contributed by atoms with E-state index in [-0.39, 0.29) is 35.6 Å². The van der Waals surface area contributed by atoms with Crippen molar-refractivity contribution in [3.8, 4) is 0 Å². The van der Waals surface area contributed by atoms with Gasteiger partial charge in [0, 0.05) is 5.92 Å². The minimum Gasteiger partial charge on any atom is -0.373 e. The third-order valence-corrected chi connectivity index (χ3v) is 4.91. The fraction of sp³-hybridized carbons (Fsp3) is 0.263. The molecule has 0 spiro atoms. The zero-order chi connectivity index (χ0) is 19.8. The van der Waals surface area contributed by atoms with Crippen molar-refractivity contribution in [1.29, 1.82) is 0 Å². The van der Waals surface area contributed by atoms with Crippen LogP contribution in [0.4, 0.5) is 4.39 Å². The first-order valence-corrected chi connectivity index (χ1v) is 9.04. The molecule has 1 aromatic carbocycles. The van der Waals surface area contributed by atoms with Gasteiger partial charge < -0.3 is 9.26 Å². The topological polar surface area (TPSA) is 109 Å². The van der Waals surface area contributed by atoms with E-state index in [0.29, 0.717) is 30.1 Å². The molecule has 3 aromatic heterocycles. The van der Waals surface area contributed by atoms with Crippen molar-refractivity contribution >= 4 is 11.0 Å². The molecule has 29 heavy (non-hydrogen) atoms. The predicted molar refractivity (Wildman–Crippen MR) is 97.4 cm³/mol. The molecule has 0 aliphatic carbocycles. The van der Waals surface area contributed by atoms with Crippen LogP contribution in [0, 0.1) is 5.82 Å². The number of ether oxygens (including phenoxy) is 1. The van der Waals surface area contributed by atoms with Gasteiger partial charge in [-0.25, -0.2) is 9.37 Å². The summed E-state index contributed by atoms with van der Waals surface area (Å²) in [5, 5.41) is 12.0. The van der Waals surface area contributed by atoms with Crippen molar-refractivity contribution in [2.45, 2.75) is 25.0 Å². The van der Waals surface area contributed by atoms with Gasteiger partial charge in [0.05, 0.1) is 24.3 Å². The van der Waals surface area contributed by atoms with Crippen LogP contribution in [0.2, 0.25) is 0 Å². The van der Waals surface area contributed by atoms with Crippen molar-refractivity contribution in [1.82, 2.24) is 29.9 Å². The molecular weight excluding hydrogens is 379 g/mol. The quantitative estimate of drug-likeness (QED) is 0.517. The first kappa shape index (κ1) is 17.6. The Morgan fingerprint density at radius 2 is 2.07 bits per heavy atom. The molecule has 0 amide bonds. The Balaban J connectivity index is 1.32. The largest absolute Gasteiger partial charge is 0.373 e. The van der Waals surface area contributed by atoms with E-state index in [2.05, 4.69) is 25.3 Å². The highest BCUT2D eigenvalue weighted by molar-refractivity contribution is 5.71. The highest BCUT2D eigenvalue weighted by atomic mass is 19.1. The Kier molecular flexibility index (Phi) is 4.32. The Hall–Kier alpha value is -3.53. The molecule has 146 valence electrons. The summed E-state index contributed by atoms with van der Waals surface area (Å²) in [6.45, 7) is 0.545. The molecule has 2 atom stereocenters. The summed E-state index contributed by atoms with van der Waals surface area (Å²) in [5.41, 5.74) is 0.939. The van der Waals surface area contributed by atoms with Crippen LogP contribution >= 0.6 is 0 Å². The molecule has 0 bridgehead atoms. The third kappa shape index (κ3) is 3.38. The minimum absolute atomic E-state index is 0.0377. The van der Waals surface area contributed by atoms with Crippen LogP contribution in [0.3, 0.4) is 0 Å². The summed E-state index contributed by atoms with van der Waals surface area (Å²) in [6.07, 6.45) is 3.35. The molecule has 10 heteroatoms. The van der Waals surface area contributed by atoms with Crippen LogP contribution in [-0.2, 0) is 11.3 Å². The van der Waals surface area contributed by atoms with E-state index < -0.39 is 0 Å².